The van der Waals surface area contributed by atoms with Crippen LogP contribution in [0.3, 0.4) is 0 Å². The first kappa shape index (κ1) is 16.8. The molecule has 1 unspecified atom stereocenters. The summed E-state index contributed by atoms with van der Waals surface area (Å²) in [5.41, 5.74) is -0.422. The van der Waals surface area contributed by atoms with E-state index in [1.165, 1.54) is 19.1 Å². The van der Waals surface area contributed by atoms with Gasteiger partial charge in [-0.25, -0.2) is 4.79 Å². The minimum Gasteiger partial charge on any atom is -0.374 e. The minimum atomic E-state index is -4.40. The van der Waals surface area contributed by atoms with Crippen molar-refractivity contribution in [1.82, 2.24) is 10.6 Å². The molecule has 8 heteroatoms. The molecule has 0 aliphatic rings. The Morgan fingerprint density at radius 3 is 2.24 bits per heavy atom. The van der Waals surface area contributed by atoms with E-state index in [2.05, 4.69) is 16.0 Å². The van der Waals surface area contributed by atoms with E-state index in [0.29, 0.717) is 12.2 Å². The summed E-state index contributed by atoms with van der Waals surface area (Å²) in [5, 5.41) is 7.21. The predicted octanol–water partition coefficient (Wildman–Crippen LogP) is 2.35. The van der Waals surface area contributed by atoms with Crippen LogP contribution in [0.25, 0.3) is 0 Å². The fourth-order valence-electron chi connectivity index (χ4n) is 1.50. The standard InChI is InChI=1S/C13H16F3N3O2/c1-3-17-12(21)19-11(20)8(2)18-10-6-4-9(5-7-10)13(14,15)16/h4-8,18H,3H2,1-2H3,(H2,17,19,20,21). The van der Waals surface area contributed by atoms with Crippen molar-refractivity contribution in [2.45, 2.75) is 26.1 Å². The van der Waals surface area contributed by atoms with Crippen LogP contribution in [0.15, 0.2) is 24.3 Å². The first-order chi connectivity index (χ1) is 9.74. The van der Waals surface area contributed by atoms with Crippen LogP contribution in [0, 0.1) is 0 Å². The summed E-state index contributed by atoms with van der Waals surface area (Å²) in [5.74, 6) is -0.583. The summed E-state index contributed by atoms with van der Waals surface area (Å²) in [7, 11) is 0. The van der Waals surface area contributed by atoms with Gasteiger partial charge >= 0.3 is 12.2 Å². The van der Waals surface area contributed by atoms with E-state index < -0.39 is 29.7 Å². The first-order valence-corrected chi connectivity index (χ1v) is 6.26. The largest absolute Gasteiger partial charge is 0.416 e. The van der Waals surface area contributed by atoms with Gasteiger partial charge in [-0.15, -0.1) is 0 Å². The second kappa shape index (κ2) is 6.96. The van der Waals surface area contributed by atoms with Crippen LogP contribution in [-0.2, 0) is 11.0 Å². The molecule has 0 aliphatic carbocycles. The molecule has 3 amide bonds. The van der Waals surface area contributed by atoms with Crippen molar-refractivity contribution in [3.8, 4) is 0 Å². The Labute approximate surface area is 119 Å². The number of rotatable bonds is 4. The lowest BCUT2D eigenvalue weighted by Gasteiger charge is -2.15. The maximum absolute atomic E-state index is 12.4. The SMILES string of the molecule is CCNC(=O)NC(=O)C(C)Nc1ccc(C(F)(F)F)cc1. The fraction of sp³-hybridized carbons (Fsp3) is 0.385. The lowest BCUT2D eigenvalue weighted by atomic mass is 10.2. The molecule has 0 heterocycles. The van der Waals surface area contributed by atoms with Gasteiger partial charge in [-0.1, -0.05) is 0 Å². The fourth-order valence-corrected chi connectivity index (χ4v) is 1.50. The highest BCUT2D eigenvalue weighted by Crippen LogP contribution is 2.29. The molecule has 3 N–H and O–H groups in total. The Hall–Kier alpha value is -2.25. The summed E-state index contributed by atoms with van der Waals surface area (Å²) in [6.45, 7) is 3.57. The minimum absolute atomic E-state index is 0.349. The van der Waals surface area contributed by atoms with Gasteiger partial charge in [0.1, 0.15) is 6.04 Å². The lowest BCUT2D eigenvalue weighted by Crippen LogP contribution is -2.45. The third-order valence-corrected chi connectivity index (χ3v) is 2.56. The van der Waals surface area contributed by atoms with Gasteiger partial charge in [-0.2, -0.15) is 13.2 Å². The number of carbonyl (C=O) groups excluding carboxylic acids is 2. The highest BCUT2D eigenvalue weighted by atomic mass is 19.4. The van der Waals surface area contributed by atoms with Gasteiger partial charge < -0.3 is 10.6 Å². The van der Waals surface area contributed by atoms with Crippen molar-refractivity contribution in [2.24, 2.45) is 0 Å². The molecule has 0 fully saturated rings. The molecule has 0 aliphatic heterocycles. The zero-order chi connectivity index (χ0) is 16.0. The van der Waals surface area contributed by atoms with Crippen molar-refractivity contribution in [2.75, 3.05) is 11.9 Å². The van der Waals surface area contributed by atoms with Crippen LogP contribution >= 0.6 is 0 Å². The molecular weight excluding hydrogens is 287 g/mol. The van der Waals surface area contributed by atoms with Crippen molar-refractivity contribution in [3.63, 3.8) is 0 Å². The lowest BCUT2D eigenvalue weighted by molar-refractivity contribution is -0.137. The second-order valence-corrected chi connectivity index (χ2v) is 4.29. The molecule has 116 valence electrons. The molecule has 0 spiro atoms. The molecule has 21 heavy (non-hydrogen) atoms. The van der Waals surface area contributed by atoms with Gasteiger partial charge in [0.15, 0.2) is 0 Å². The van der Waals surface area contributed by atoms with Gasteiger partial charge in [-0.3, -0.25) is 10.1 Å². The predicted molar refractivity (Wildman–Crippen MR) is 71.7 cm³/mol. The van der Waals surface area contributed by atoms with Gasteiger partial charge in [-0.05, 0) is 38.1 Å². The summed E-state index contributed by atoms with van der Waals surface area (Å²) < 4.78 is 37.2. The second-order valence-electron chi connectivity index (χ2n) is 4.29. The normalized spacial score (nSPS) is 12.4. The molecule has 1 atom stereocenters. The molecular formula is C13H16F3N3O2. The maximum atomic E-state index is 12.4. The van der Waals surface area contributed by atoms with Gasteiger partial charge in [0, 0.05) is 12.2 Å². The number of anilines is 1. The van der Waals surface area contributed by atoms with Crippen LogP contribution in [0.1, 0.15) is 19.4 Å². The average Bonchev–Trinajstić information content (AvgIpc) is 2.38. The van der Waals surface area contributed by atoms with E-state index in [0.717, 1.165) is 12.1 Å². The monoisotopic (exact) mass is 303 g/mol. The van der Waals surface area contributed by atoms with Crippen LogP contribution in [0.2, 0.25) is 0 Å². The van der Waals surface area contributed by atoms with Gasteiger partial charge in [0.2, 0.25) is 5.91 Å². The van der Waals surface area contributed by atoms with Crippen molar-refractivity contribution in [3.05, 3.63) is 29.8 Å². The maximum Gasteiger partial charge on any atom is 0.416 e. The molecule has 1 aromatic rings. The molecule has 1 rings (SSSR count). The third kappa shape index (κ3) is 5.33. The zero-order valence-electron chi connectivity index (χ0n) is 11.5. The number of benzene rings is 1. The zero-order valence-corrected chi connectivity index (χ0v) is 11.5. The van der Waals surface area contributed by atoms with E-state index in [4.69, 9.17) is 0 Å². The van der Waals surface area contributed by atoms with E-state index in [1.54, 1.807) is 6.92 Å². The molecule has 0 saturated heterocycles. The summed E-state index contributed by atoms with van der Waals surface area (Å²) in [6.07, 6.45) is -4.40. The number of imide groups is 1. The Morgan fingerprint density at radius 1 is 1.19 bits per heavy atom. The molecule has 0 bridgehead atoms. The van der Waals surface area contributed by atoms with E-state index in [-0.39, 0.29) is 0 Å². The average molecular weight is 303 g/mol. The highest BCUT2D eigenvalue weighted by Gasteiger charge is 2.30. The Kier molecular flexibility index (Phi) is 5.57. The number of urea groups is 1. The number of carbonyl (C=O) groups is 2. The first-order valence-electron chi connectivity index (χ1n) is 6.26. The Balaban J connectivity index is 2.60. The van der Waals surface area contributed by atoms with Gasteiger partial charge in [0.25, 0.3) is 0 Å². The van der Waals surface area contributed by atoms with E-state index >= 15 is 0 Å². The number of nitrogens with one attached hydrogen (secondary N) is 3. The molecule has 5 nitrogen and oxygen atoms in total. The molecule has 0 saturated carbocycles. The summed E-state index contributed by atoms with van der Waals surface area (Å²) in [4.78, 5) is 22.8. The van der Waals surface area contributed by atoms with E-state index in [9.17, 15) is 22.8 Å². The Bertz CT molecular complexity index is 500. The third-order valence-electron chi connectivity index (χ3n) is 2.56. The van der Waals surface area contributed by atoms with Crippen LogP contribution < -0.4 is 16.0 Å². The van der Waals surface area contributed by atoms with Crippen LogP contribution in [0.4, 0.5) is 23.7 Å². The van der Waals surface area contributed by atoms with Crippen molar-refractivity contribution >= 4 is 17.6 Å². The van der Waals surface area contributed by atoms with Crippen LogP contribution in [-0.4, -0.2) is 24.5 Å². The van der Waals surface area contributed by atoms with E-state index in [1.807, 2.05) is 0 Å². The number of amides is 3. The molecule has 0 aromatic heterocycles. The van der Waals surface area contributed by atoms with Crippen LogP contribution in [0.5, 0.6) is 0 Å². The quantitative estimate of drug-likeness (QED) is 0.799. The Morgan fingerprint density at radius 2 is 1.76 bits per heavy atom. The number of alkyl halides is 3. The summed E-state index contributed by atoms with van der Waals surface area (Å²) >= 11 is 0. The van der Waals surface area contributed by atoms with Crippen molar-refractivity contribution in [1.29, 1.82) is 0 Å². The molecule has 0 radical (unpaired) electrons. The van der Waals surface area contributed by atoms with Gasteiger partial charge in [0.05, 0.1) is 5.56 Å². The number of hydrogen-bond acceptors (Lipinski definition) is 3. The highest BCUT2D eigenvalue weighted by molar-refractivity contribution is 5.97. The molecule has 1 aromatic carbocycles. The smallest absolute Gasteiger partial charge is 0.374 e. The number of hydrogen-bond donors (Lipinski definition) is 3. The summed E-state index contributed by atoms with van der Waals surface area (Å²) in [6, 6.07) is 2.87. The number of halogens is 3. The van der Waals surface area contributed by atoms with Crippen molar-refractivity contribution < 1.29 is 22.8 Å². The topological polar surface area (TPSA) is 70.2 Å².